The molecule has 1 aliphatic rings. The van der Waals surface area contributed by atoms with Crippen molar-refractivity contribution in [2.45, 2.75) is 37.8 Å². The fourth-order valence-electron chi connectivity index (χ4n) is 1.99. The second-order valence-corrected chi connectivity index (χ2v) is 5.13. The fourth-order valence-corrected chi connectivity index (χ4v) is 1.99. The van der Waals surface area contributed by atoms with Gasteiger partial charge in [-0.05, 0) is 18.4 Å². The number of carbonyl (C=O) groups is 2. The van der Waals surface area contributed by atoms with E-state index >= 15 is 0 Å². The standard InChI is InChI=1S/C15H20N2O3/c18-14(8-9-16-12-6-7-12)17-13(15(19)20)10-11-4-2-1-3-5-11/h1-5,12-13,16H,6-10H2,(H,17,18)(H,19,20)/t13-/m0/s1. The normalized spacial score (nSPS) is 15.6. The van der Waals surface area contributed by atoms with Crippen LogP contribution in [0.15, 0.2) is 30.3 Å². The Balaban J connectivity index is 1.78. The lowest BCUT2D eigenvalue weighted by Crippen LogP contribution is -2.43. The minimum atomic E-state index is -1.00. The van der Waals surface area contributed by atoms with E-state index in [4.69, 9.17) is 0 Å². The molecule has 0 heterocycles. The summed E-state index contributed by atoms with van der Waals surface area (Å²) in [5, 5.41) is 15.0. The van der Waals surface area contributed by atoms with Crippen molar-refractivity contribution in [1.29, 1.82) is 0 Å². The lowest BCUT2D eigenvalue weighted by atomic mass is 10.1. The van der Waals surface area contributed by atoms with E-state index in [0.29, 0.717) is 25.4 Å². The Labute approximate surface area is 118 Å². The average Bonchev–Trinajstić information content (AvgIpc) is 3.23. The molecule has 108 valence electrons. The van der Waals surface area contributed by atoms with Crippen LogP contribution in [0.25, 0.3) is 0 Å². The van der Waals surface area contributed by atoms with Crippen LogP contribution in [0.2, 0.25) is 0 Å². The number of carbonyl (C=O) groups excluding carboxylic acids is 1. The molecule has 5 heteroatoms. The maximum atomic E-state index is 11.7. The van der Waals surface area contributed by atoms with E-state index in [1.54, 1.807) is 0 Å². The molecule has 0 unspecified atom stereocenters. The molecule has 0 aliphatic heterocycles. The number of aliphatic carboxylic acids is 1. The summed E-state index contributed by atoms with van der Waals surface area (Å²) in [6, 6.07) is 8.99. The van der Waals surface area contributed by atoms with Crippen LogP contribution in [0.4, 0.5) is 0 Å². The maximum Gasteiger partial charge on any atom is 0.326 e. The van der Waals surface area contributed by atoms with Crippen LogP contribution in [-0.4, -0.2) is 35.6 Å². The van der Waals surface area contributed by atoms with E-state index in [2.05, 4.69) is 10.6 Å². The lowest BCUT2D eigenvalue weighted by Gasteiger charge is -2.14. The summed E-state index contributed by atoms with van der Waals surface area (Å²) in [7, 11) is 0. The Kier molecular flexibility index (Phi) is 5.12. The van der Waals surface area contributed by atoms with Gasteiger partial charge in [-0.15, -0.1) is 0 Å². The third-order valence-electron chi connectivity index (χ3n) is 3.28. The van der Waals surface area contributed by atoms with E-state index in [-0.39, 0.29) is 5.91 Å². The van der Waals surface area contributed by atoms with Crippen molar-refractivity contribution in [2.24, 2.45) is 0 Å². The number of carboxylic acid groups (broad SMARTS) is 1. The maximum absolute atomic E-state index is 11.7. The van der Waals surface area contributed by atoms with Gasteiger partial charge in [-0.1, -0.05) is 30.3 Å². The van der Waals surface area contributed by atoms with Crippen molar-refractivity contribution >= 4 is 11.9 Å². The zero-order valence-electron chi connectivity index (χ0n) is 11.3. The highest BCUT2D eigenvalue weighted by atomic mass is 16.4. The lowest BCUT2D eigenvalue weighted by molar-refractivity contribution is -0.141. The smallest absolute Gasteiger partial charge is 0.326 e. The van der Waals surface area contributed by atoms with Gasteiger partial charge in [-0.2, -0.15) is 0 Å². The molecule has 0 radical (unpaired) electrons. The molecule has 0 aromatic heterocycles. The number of nitrogens with one attached hydrogen (secondary N) is 2. The summed E-state index contributed by atoms with van der Waals surface area (Å²) in [4.78, 5) is 22.9. The quantitative estimate of drug-likeness (QED) is 0.660. The minimum absolute atomic E-state index is 0.221. The number of rotatable bonds is 8. The number of amides is 1. The first-order valence-corrected chi connectivity index (χ1v) is 6.94. The van der Waals surface area contributed by atoms with Crippen LogP contribution in [0.5, 0.6) is 0 Å². The molecule has 20 heavy (non-hydrogen) atoms. The summed E-state index contributed by atoms with van der Waals surface area (Å²) in [6.07, 6.45) is 2.97. The van der Waals surface area contributed by atoms with Crippen LogP contribution in [0.1, 0.15) is 24.8 Å². The summed E-state index contributed by atoms with van der Waals surface area (Å²) in [6.45, 7) is 0.605. The summed E-state index contributed by atoms with van der Waals surface area (Å²) in [5.41, 5.74) is 0.899. The molecule has 1 saturated carbocycles. The van der Waals surface area contributed by atoms with Crippen molar-refractivity contribution in [1.82, 2.24) is 10.6 Å². The molecule has 1 aliphatic carbocycles. The first-order valence-electron chi connectivity index (χ1n) is 6.94. The second kappa shape index (κ2) is 7.05. The molecule has 0 spiro atoms. The SMILES string of the molecule is O=C(CCNC1CC1)N[C@@H](Cc1ccccc1)C(=O)O. The molecule has 1 aromatic carbocycles. The monoisotopic (exact) mass is 276 g/mol. The molecule has 0 saturated heterocycles. The molecular formula is C15H20N2O3. The zero-order valence-corrected chi connectivity index (χ0v) is 11.3. The van der Waals surface area contributed by atoms with Crippen LogP contribution in [0.3, 0.4) is 0 Å². The molecule has 0 bridgehead atoms. The third-order valence-corrected chi connectivity index (χ3v) is 3.28. The third kappa shape index (κ3) is 5.01. The van der Waals surface area contributed by atoms with Gasteiger partial charge in [-0.25, -0.2) is 4.79 Å². The van der Waals surface area contributed by atoms with Gasteiger partial charge in [0.1, 0.15) is 6.04 Å². The van der Waals surface area contributed by atoms with Crippen molar-refractivity contribution < 1.29 is 14.7 Å². The molecule has 5 nitrogen and oxygen atoms in total. The van der Waals surface area contributed by atoms with E-state index in [1.165, 1.54) is 12.8 Å². The average molecular weight is 276 g/mol. The fraction of sp³-hybridized carbons (Fsp3) is 0.467. The number of benzene rings is 1. The first-order chi connectivity index (χ1) is 9.65. The number of carboxylic acids is 1. The van der Waals surface area contributed by atoms with Crippen LogP contribution >= 0.6 is 0 Å². The Morgan fingerprint density at radius 3 is 2.55 bits per heavy atom. The molecule has 1 fully saturated rings. The largest absolute Gasteiger partial charge is 0.480 e. The Bertz CT molecular complexity index is 457. The van der Waals surface area contributed by atoms with Crippen molar-refractivity contribution in [3.63, 3.8) is 0 Å². The molecule has 1 atom stereocenters. The summed E-state index contributed by atoms with van der Waals surface area (Å²) < 4.78 is 0. The topological polar surface area (TPSA) is 78.4 Å². The molecule has 1 amide bonds. The van der Waals surface area contributed by atoms with Crippen molar-refractivity contribution in [2.75, 3.05) is 6.54 Å². The van der Waals surface area contributed by atoms with Gasteiger partial charge in [-0.3, -0.25) is 4.79 Å². The van der Waals surface area contributed by atoms with Crippen molar-refractivity contribution in [3.05, 3.63) is 35.9 Å². The Hall–Kier alpha value is -1.88. The van der Waals surface area contributed by atoms with Gasteiger partial charge in [0.15, 0.2) is 0 Å². The number of hydrogen-bond donors (Lipinski definition) is 3. The molecule has 3 N–H and O–H groups in total. The predicted octanol–water partition coefficient (Wildman–Crippen LogP) is 0.941. The second-order valence-electron chi connectivity index (χ2n) is 5.13. The highest BCUT2D eigenvalue weighted by Crippen LogP contribution is 2.18. The van der Waals surface area contributed by atoms with Gasteiger partial charge in [0.2, 0.25) is 5.91 Å². The minimum Gasteiger partial charge on any atom is -0.480 e. The van der Waals surface area contributed by atoms with Gasteiger partial charge in [0.25, 0.3) is 0 Å². The molecule has 2 rings (SSSR count). The predicted molar refractivity (Wildman–Crippen MR) is 75.4 cm³/mol. The van der Waals surface area contributed by atoms with E-state index in [9.17, 15) is 14.7 Å². The molecular weight excluding hydrogens is 256 g/mol. The van der Waals surface area contributed by atoms with Gasteiger partial charge in [0.05, 0.1) is 0 Å². The van der Waals surface area contributed by atoms with Gasteiger partial charge in [0, 0.05) is 25.4 Å². The van der Waals surface area contributed by atoms with Crippen molar-refractivity contribution in [3.8, 4) is 0 Å². The highest BCUT2D eigenvalue weighted by molar-refractivity contribution is 5.83. The Morgan fingerprint density at radius 2 is 1.95 bits per heavy atom. The molecule has 1 aromatic rings. The van der Waals surface area contributed by atoms with Gasteiger partial charge >= 0.3 is 5.97 Å². The number of hydrogen-bond acceptors (Lipinski definition) is 3. The highest BCUT2D eigenvalue weighted by Gasteiger charge is 2.22. The summed E-state index contributed by atoms with van der Waals surface area (Å²) in [5.74, 6) is -1.22. The summed E-state index contributed by atoms with van der Waals surface area (Å²) >= 11 is 0. The zero-order chi connectivity index (χ0) is 14.4. The van der Waals surface area contributed by atoms with E-state index < -0.39 is 12.0 Å². The first kappa shape index (κ1) is 14.5. The van der Waals surface area contributed by atoms with Crippen LogP contribution in [0, 0.1) is 0 Å². The van der Waals surface area contributed by atoms with Crippen LogP contribution in [-0.2, 0) is 16.0 Å². The van der Waals surface area contributed by atoms with Gasteiger partial charge < -0.3 is 15.7 Å². The van der Waals surface area contributed by atoms with E-state index in [0.717, 1.165) is 5.56 Å². The van der Waals surface area contributed by atoms with E-state index in [1.807, 2.05) is 30.3 Å². The Morgan fingerprint density at radius 1 is 1.25 bits per heavy atom. The van der Waals surface area contributed by atoms with Crippen LogP contribution < -0.4 is 10.6 Å².